The molecule has 0 aliphatic carbocycles. The second-order valence-electron chi connectivity index (χ2n) is 7.82. The maximum atomic E-state index is 12.9. The van der Waals surface area contributed by atoms with Crippen LogP contribution in [0.4, 0.5) is 0 Å². The van der Waals surface area contributed by atoms with Crippen molar-refractivity contribution in [1.82, 2.24) is 24.6 Å². The van der Waals surface area contributed by atoms with Crippen LogP contribution in [0.25, 0.3) is 11.0 Å². The lowest BCUT2D eigenvalue weighted by atomic mass is 10.2. The lowest BCUT2D eigenvalue weighted by molar-refractivity contribution is 0.0930. The van der Waals surface area contributed by atoms with E-state index in [2.05, 4.69) is 28.8 Å². The van der Waals surface area contributed by atoms with Crippen molar-refractivity contribution in [2.24, 2.45) is 0 Å². The zero-order chi connectivity index (χ0) is 22.0. The first-order valence-electron chi connectivity index (χ1n) is 10.3. The van der Waals surface area contributed by atoms with Crippen LogP contribution in [0.1, 0.15) is 54.7 Å². The summed E-state index contributed by atoms with van der Waals surface area (Å²) in [5, 5.41) is 7.26. The van der Waals surface area contributed by atoms with Gasteiger partial charge in [-0.2, -0.15) is 5.10 Å². The Balaban J connectivity index is 1.59. The zero-order valence-electron chi connectivity index (χ0n) is 17.8. The molecule has 4 aromatic rings. The molecule has 0 saturated heterocycles. The molecule has 0 bridgehead atoms. The topological polar surface area (TPSA) is 81.8 Å². The summed E-state index contributed by atoms with van der Waals surface area (Å²) in [5.41, 5.74) is 2.79. The number of rotatable bonds is 6. The van der Waals surface area contributed by atoms with E-state index in [1.807, 2.05) is 61.5 Å². The Morgan fingerprint density at radius 1 is 0.968 bits per heavy atom. The van der Waals surface area contributed by atoms with Crippen molar-refractivity contribution in [1.29, 1.82) is 0 Å². The van der Waals surface area contributed by atoms with Gasteiger partial charge in [0.05, 0.1) is 23.6 Å². The quantitative estimate of drug-likeness (QED) is 0.520. The molecule has 1 N–H and O–H groups in total. The predicted octanol–water partition coefficient (Wildman–Crippen LogP) is 3.71. The molecule has 1 amide bonds. The van der Waals surface area contributed by atoms with Crippen LogP contribution in [0.2, 0.25) is 0 Å². The minimum Gasteiger partial charge on any atom is -0.341 e. The van der Waals surface area contributed by atoms with Crippen LogP contribution < -0.4 is 10.9 Å². The van der Waals surface area contributed by atoms with Crippen molar-refractivity contribution in [3.63, 3.8) is 0 Å². The molecule has 4 rings (SSSR count). The van der Waals surface area contributed by atoms with Gasteiger partial charge in [0.25, 0.3) is 11.5 Å². The first kappa shape index (κ1) is 20.5. The molecule has 0 spiro atoms. The van der Waals surface area contributed by atoms with E-state index in [9.17, 15) is 9.59 Å². The number of hydrogen-bond donors (Lipinski definition) is 1. The number of para-hydroxylation sites is 2. The smallest absolute Gasteiger partial charge is 0.272 e. The summed E-state index contributed by atoms with van der Waals surface area (Å²) in [4.78, 5) is 29.9. The van der Waals surface area contributed by atoms with E-state index < -0.39 is 0 Å². The van der Waals surface area contributed by atoms with Crippen molar-refractivity contribution >= 4 is 16.9 Å². The van der Waals surface area contributed by atoms with E-state index in [1.165, 1.54) is 16.8 Å². The fraction of sp³-hybridized carbons (Fsp3) is 0.250. The number of benzene rings is 2. The summed E-state index contributed by atoms with van der Waals surface area (Å²) >= 11 is 0. The van der Waals surface area contributed by atoms with Gasteiger partial charge in [0.1, 0.15) is 11.5 Å². The van der Waals surface area contributed by atoms with E-state index in [0.29, 0.717) is 6.54 Å². The van der Waals surface area contributed by atoms with Crippen molar-refractivity contribution in [3.8, 4) is 0 Å². The third kappa shape index (κ3) is 4.26. The van der Waals surface area contributed by atoms with Crippen molar-refractivity contribution in [2.75, 3.05) is 0 Å². The number of fused-ring (bicyclic) bond motifs is 1. The van der Waals surface area contributed by atoms with Crippen LogP contribution >= 0.6 is 0 Å². The lowest BCUT2D eigenvalue weighted by Crippen LogP contribution is -2.32. The lowest BCUT2D eigenvalue weighted by Gasteiger charge is -2.18. The predicted molar refractivity (Wildman–Crippen MR) is 120 cm³/mol. The van der Waals surface area contributed by atoms with Crippen LogP contribution in [0.3, 0.4) is 0 Å². The first-order chi connectivity index (χ1) is 14.9. The number of aromatic nitrogens is 4. The van der Waals surface area contributed by atoms with Gasteiger partial charge in [0.2, 0.25) is 0 Å². The van der Waals surface area contributed by atoms with Gasteiger partial charge >= 0.3 is 0 Å². The Kier molecular flexibility index (Phi) is 5.66. The standard InChI is InChI=1S/C24H25N5O2/c1-16(2)29-21-12-8-7-11-19(21)26-23(29)17(3)25-24(31)20-13-14-22(30)28(27-20)15-18-9-5-4-6-10-18/h4-14,16-17H,15H2,1-3H3,(H,25,31)/t17-/m0/s1. The van der Waals surface area contributed by atoms with Gasteiger partial charge in [-0.25, -0.2) is 9.67 Å². The highest BCUT2D eigenvalue weighted by Crippen LogP contribution is 2.25. The van der Waals surface area contributed by atoms with Gasteiger partial charge in [-0.15, -0.1) is 0 Å². The summed E-state index contributed by atoms with van der Waals surface area (Å²) in [6, 6.07) is 20.2. The van der Waals surface area contributed by atoms with Gasteiger partial charge in [0, 0.05) is 12.1 Å². The second-order valence-corrected chi connectivity index (χ2v) is 7.82. The summed E-state index contributed by atoms with van der Waals surface area (Å²) < 4.78 is 3.43. The molecular weight excluding hydrogens is 390 g/mol. The minimum atomic E-state index is -0.350. The SMILES string of the molecule is CC(C)n1c([C@H](C)NC(=O)c2ccc(=O)n(Cc3ccccc3)n2)nc2ccccc21. The molecule has 2 aromatic heterocycles. The number of nitrogens with one attached hydrogen (secondary N) is 1. The molecule has 1 atom stereocenters. The normalized spacial score (nSPS) is 12.3. The Hall–Kier alpha value is -3.74. The summed E-state index contributed by atoms with van der Waals surface area (Å²) in [7, 11) is 0. The molecule has 7 nitrogen and oxygen atoms in total. The van der Waals surface area contributed by atoms with E-state index in [-0.39, 0.29) is 29.2 Å². The number of nitrogens with zero attached hydrogens (tertiary/aromatic N) is 4. The fourth-order valence-corrected chi connectivity index (χ4v) is 3.69. The second kappa shape index (κ2) is 8.55. The number of imidazole rings is 1. The molecule has 7 heteroatoms. The molecule has 0 unspecified atom stereocenters. The van der Waals surface area contributed by atoms with Crippen molar-refractivity contribution < 1.29 is 4.79 Å². The Labute approximate surface area is 180 Å². The number of carbonyl (C=O) groups is 1. The molecular formula is C24H25N5O2. The van der Waals surface area contributed by atoms with Crippen molar-refractivity contribution in [2.45, 2.75) is 39.4 Å². The average Bonchev–Trinajstić information content (AvgIpc) is 3.16. The summed E-state index contributed by atoms with van der Waals surface area (Å²) in [6.45, 7) is 6.39. The monoisotopic (exact) mass is 415 g/mol. The summed E-state index contributed by atoms with van der Waals surface area (Å²) in [5.74, 6) is 0.429. The van der Waals surface area contributed by atoms with Crippen LogP contribution in [0.15, 0.2) is 71.5 Å². The minimum absolute atomic E-state index is 0.188. The van der Waals surface area contributed by atoms with E-state index in [1.54, 1.807) is 0 Å². The van der Waals surface area contributed by atoms with E-state index in [4.69, 9.17) is 4.98 Å². The Morgan fingerprint density at radius 3 is 2.42 bits per heavy atom. The maximum absolute atomic E-state index is 12.9. The molecule has 0 fully saturated rings. The Bertz CT molecular complexity index is 1270. The highest BCUT2D eigenvalue weighted by atomic mass is 16.2. The van der Waals surface area contributed by atoms with E-state index >= 15 is 0 Å². The van der Waals surface area contributed by atoms with Crippen LogP contribution in [-0.4, -0.2) is 25.2 Å². The molecule has 2 heterocycles. The molecule has 0 saturated carbocycles. The van der Waals surface area contributed by atoms with Gasteiger partial charge in [-0.1, -0.05) is 42.5 Å². The average molecular weight is 415 g/mol. The van der Waals surface area contributed by atoms with Crippen LogP contribution in [0.5, 0.6) is 0 Å². The Morgan fingerprint density at radius 2 is 1.68 bits per heavy atom. The number of amides is 1. The van der Waals surface area contributed by atoms with Gasteiger partial charge in [-0.05, 0) is 44.5 Å². The molecule has 158 valence electrons. The third-order valence-electron chi connectivity index (χ3n) is 5.15. The third-order valence-corrected chi connectivity index (χ3v) is 5.15. The van der Waals surface area contributed by atoms with Crippen LogP contribution in [-0.2, 0) is 6.54 Å². The number of hydrogen-bond acceptors (Lipinski definition) is 4. The van der Waals surface area contributed by atoms with Crippen molar-refractivity contribution in [3.05, 3.63) is 94.2 Å². The fourth-order valence-electron chi connectivity index (χ4n) is 3.69. The van der Waals surface area contributed by atoms with E-state index in [0.717, 1.165) is 22.4 Å². The number of carbonyl (C=O) groups excluding carboxylic acids is 1. The molecule has 2 aromatic carbocycles. The van der Waals surface area contributed by atoms with Gasteiger partial charge in [0.15, 0.2) is 0 Å². The molecule has 31 heavy (non-hydrogen) atoms. The van der Waals surface area contributed by atoms with Gasteiger partial charge in [-0.3, -0.25) is 9.59 Å². The molecule has 0 aliphatic rings. The first-order valence-corrected chi connectivity index (χ1v) is 10.3. The maximum Gasteiger partial charge on any atom is 0.272 e. The molecule has 0 radical (unpaired) electrons. The highest BCUT2D eigenvalue weighted by Gasteiger charge is 2.21. The van der Waals surface area contributed by atoms with Gasteiger partial charge < -0.3 is 9.88 Å². The zero-order valence-corrected chi connectivity index (χ0v) is 17.8. The molecule has 0 aliphatic heterocycles. The highest BCUT2D eigenvalue weighted by molar-refractivity contribution is 5.92. The largest absolute Gasteiger partial charge is 0.341 e. The summed E-state index contributed by atoms with van der Waals surface area (Å²) in [6.07, 6.45) is 0. The van der Waals surface area contributed by atoms with Crippen LogP contribution in [0, 0.1) is 0 Å².